The van der Waals surface area contributed by atoms with Crippen LogP contribution in [0.4, 0.5) is 5.82 Å². The second-order valence-electron chi connectivity index (χ2n) is 4.69. The average Bonchev–Trinajstić information content (AvgIpc) is 2.45. The fourth-order valence-electron chi connectivity index (χ4n) is 1.97. The molecule has 0 radical (unpaired) electrons. The molecule has 0 bridgehead atoms. The third kappa shape index (κ3) is 3.91. The molecule has 2 rings (SSSR count). The molecule has 0 fully saturated rings. The highest BCUT2D eigenvalue weighted by molar-refractivity contribution is 6.04. The molecule has 106 valence electrons. The fraction of sp³-hybridized carbons (Fsp3) is 0.176. The Labute approximate surface area is 124 Å². The van der Waals surface area contributed by atoms with Crippen LogP contribution in [0.3, 0.4) is 0 Å². The molecule has 1 aromatic carbocycles. The van der Waals surface area contributed by atoms with Gasteiger partial charge in [-0.2, -0.15) is 0 Å². The zero-order valence-corrected chi connectivity index (χ0v) is 12.1. The summed E-state index contributed by atoms with van der Waals surface area (Å²) >= 11 is 0. The molecular formula is C17H17N3O. The molecule has 0 saturated carbocycles. The van der Waals surface area contributed by atoms with Crippen LogP contribution in [-0.4, -0.2) is 17.4 Å². The van der Waals surface area contributed by atoms with Gasteiger partial charge in [-0.15, -0.1) is 0 Å². The normalized spacial score (nSPS) is 9.67. The number of anilines is 1. The van der Waals surface area contributed by atoms with Gasteiger partial charge in [-0.1, -0.05) is 29.7 Å². The van der Waals surface area contributed by atoms with E-state index in [4.69, 9.17) is 5.73 Å². The molecule has 3 N–H and O–H groups in total. The lowest BCUT2D eigenvalue weighted by Crippen LogP contribution is -2.14. The predicted octanol–water partition coefficient (Wildman–Crippen LogP) is 2.26. The number of hydrogen-bond donors (Lipinski definition) is 2. The molecule has 1 heterocycles. The molecule has 1 aromatic heterocycles. The van der Waals surface area contributed by atoms with Crippen molar-refractivity contribution in [3.63, 3.8) is 0 Å². The van der Waals surface area contributed by atoms with Crippen molar-refractivity contribution in [1.82, 2.24) is 4.98 Å². The molecule has 0 aliphatic rings. The first-order chi connectivity index (χ1) is 10.1. The van der Waals surface area contributed by atoms with Crippen LogP contribution in [0.2, 0.25) is 0 Å². The summed E-state index contributed by atoms with van der Waals surface area (Å²) in [5, 5.41) is 2.79. The number of rotatable bonds is 2. The Kier molecular flexibility index (Phi) is 4.70. The number of aromatic nitrogens is 1. The summed E-state index contributed by atoms with van der Waals surface area (Å²) < 4.78 is 0. The van der Waals surface area contributed by atoms with Crippen LogP contribution in [0.5, 0.6) is 0 Å². The molecule has 4 nitrogen and oxygen atoms in total. The summed E-state index contributed by atoms with van der Waals surface area (Å²) in [7, 11) is 0. The van der Waals surface area contributed by atoms with Crippen molar-refractivity contribution in [1.29, 1.82) is 0 Å². The fourth-order valence-corrected chi connectivity index (χ4v) is 1.97. The van der Waals surface area contributed by atoms with Crippen molar-refractivity contribution in [2.45, 2.75) is 13.8 Å². The van der Waals surface area contributed by atoms with Crippen LogP contribution < -0.4 is 11.1 Å². The molecular weight excluding hydrogens is 262 g/mol. The summed E-state index contributed by atoms with van der Waals surface area (Å²) in [4.78, 5) is 16.5. The number of nitrogens with two attached hydrogens (primary N) is 1. The molecule has 0 spiro atoms. The van der Waals surface area contributed by atoms with E-state index in [0.29, 0.717) is 17.1 Å². The maximum absolute atomic E-state index is 12.3. The van der Waals surface area contributed by atoms with Crippen LogP contribution >= 0.6 is 0 Å². The van der Waals surface area contributed by atoms with E-state index in [-0.39, 0.29) is 12.5 Å². The third-order valence-corrected chi connectivity index (χ3v) is 2.94. The van der Waals surface area contributed by atoms with Crippen molar-refractivity contribution in [2.75, 3.05) is 11.9 Å². The van der Waals surface area contributed by atoms with Crippen LogP contribution in [0.25, 0.3) is 0 Å². The van der Waals surface area contributed by atoms with Gasteiger partial charge >= 0.3 is 0 Å². The molecule has 21 heavy (non-hydrogen) atoms. The lowest BCUT2D eigenvalue weighted by Gasteiger charge is -2.08. The maximum atomic E-state index is 12.3. The van der Waals surface area contributed by atoms with E-state index in [9.17, 15) is 4.79 Å². The van der Waals surface area contributed by atoms with Crippen molar-refractivity contribution < 1.29 is 4.79 Å². The van der Waals surface area contributed by atoms with Gasteiger partial charge < -0.3 is 11.1 Å². The first-order valence-electron chi connectivity index (χ1n) is 6.65. The summed E-state index contributed by atoms with van der Waals surface area (Å²) in [6.07, 6.45) is 0. The molecule has 0 saturated heterocycles. The Morgan fingerprint density at radius 3 is 2.81 bits per heavy atom. The van der Waals surface area contributed by atoms with Crippen molar-refractivity contribution in [3.8, 4) is 11.8 Å². The molecule has 0 unspecified atom stereocenters. The number of pyridine rings is 1. The number of benzene rings is 1. The second-order valence-corrected chi connectivity index (χ2v) is 4.69. The van der Waals surface area contributed by atoms with Gasteiger partial charge in [0.1, 0.15) is 11.5 Å². The SMILES string of the molecule is Cc1ccc(C(=O)Nc2cccc(C#CCN)n2)c(C)c1. The summed E-state index contributed by atoms with van der Waals surface area (Å²) in [5.41, 5.74) is 8.61. The quantitative estimate of drug-likeness (QED) is 0.829. The lowest BCUT2D eigenvalue weighted by molar-refractivity contribution is 0.102. The largest absolute Gasteiger partial charge is 0.320 e. The second kappa shape index (κ2) is 6.69. The number of nitrogens with one attached hydrogen (secondary N) is 1. The Morgan fingerprint density at radius 2 is 2.10 bits per heavy atom. The number of aryl methyl sites for hydroxylation is 2. The lowest BCUT2D eigenvalue weighted by atomic mass is 10.1. The molecule has 0 aliphatic heterocycles. The van der Waals surface area contributed by atoms with Gasteiger partial charge in [0.05, 0.1) is 6.54 Å². The first kappa shape index (κ1) is 14.8. The molecule has 1 amide bonds. The Bertz CT molecular complexity index is 726. The van der Waals surface area contributed by atoms with E-state index in [1.165, 1.54) is 0 Å². The monoisotopic (exact) mass is 279 g/mol. The number of hydrogen-bond acceptors (Lipinski definition) is 3. The Morgan fingerprint density at radius 1 is 1.29 bits per heavy atom. The summed E-state index contributed by atoms with van der Waals surface area (Å²) in [6.45, 7) is 4.19. The zero-order chi connectivity index (χ0) is 15.2. The molecule has 2 aromatic rings. The van der Waals surface area contributed by atoms with Crippen molar-refractivity contribution >= 4 is 11.7 Å². The van der Waals surface area contributed by atoms with E-state index < -0.39 is 0 Å². The smallest absolute Gasteiger partial charge is 0.257 e. The van der Waals surface area contributed by atoms with Gasteiger partial charge in [-0.3, -0.25) is 4.79 Å². The number of carbonyl (C=O) groups excluding carboxylic acids is 1. The number of nitrogens with zero attached hydrogens (tertiary/aromatic N) is 1. The standard InChI is InChI=1S/C17H17N3O/c1-12-8-9-15(13(2)11-12)17(21)20-16-7-3-5-14(19-16)6-4-10-18/h3,5,7-9,11H,10,18H2,1-2H3,(H,19,20,21). The van der Waals surface area contributed by atoms with E-state index in [1.54, 1.807) is 18.2 Å². The minimum Gasteiger partial charge on any atom is -0.320 e. The van der Waals surface area contributed by atoms with Gasteiger partial charge in [0.25, 0.3) is 5.91 Å². The molecule has 4 heteroatoms. The Hall–Kier alpha value is -2.64. The molecule has 0 aliphatic carbocycles. The van der Waals surface area contributed by atoms with Crippen LogP contribution in [0.1, 0.15) is 27.2 Å². The third-order valence-electron chi connectivity index (χ3n) is 2.94. The van der Waals surface area contributed by atoms with Gasteiger partial charge in [0.2, 0.25) is 0 Å². The predicted molar refractivity (Wildman–Crippen MR) is 84.0 cm³/mol. The van der Waals surface area contributed by atoms with Gasteiger partial charge in [-0.05, 0) is 43.5 Å². The minimum absolute atomic E-state index is 0.177. The van der Waals surface area contributed by atoms with Crippen LogP contribution in [0, 0.1) is 25.7 Å². The summed E-state index contributed by atoms with van der Waals surface area (Å²) in [6, 6.07) is 11.0. The topological polar surface area (TPSA) is 68.0 Å². The van der Waals surface area contributed by atoms with Gasteiger partial charge in [0.15, 0.2) is 0 Å². The van der Waals surface area contributed by atoms with Gasteiger partial charge in [0, 0.05) is 5.56 Å². The van der Waals surface area contributed by atoms with E-state index in [0.717, 1.165) is 11.1 Å². The van der Waals surface area contributed by atoms with Crippen molar-refractivity contribution in [2.24, 2.45) is 5.73 Å². The highest BCUT2D eigenvalue weighted by Crippen LogP contribution is 2.13. The highest BCUT2D eigenvalue weighted by Gasteiger charge is 2.09. The summed E-state index contributed by atoms with van der Waals surface area (Å²) in [5.74, 6) is 5.87. The maximum Gasteiger partial charge on any atom is 0.257 e. The van der Waals surface area contributed by atoms with Gasteiger partial charge in [-0.25, -0.2) is 4.98 Å². The zero-order valence-electron chi connectivity index (χ0n) is 12.1. The van der Waals surface area contributed by atoms with Crippen LogP contribution in [0.15, 0.2) is 36.4 Å². The minimum atomic E-state index is -0.177. The average molecular weight is 279 g/mol. The highest BCUT2D eigenvalue weighted by atomic mass is 16.1. The van der Waals surface area contributed by atoms with Crippen LogP contribution in [-0.2, 0) is 0 Å². The first-order valence-corrected chi connectivity index (χ1v) is 6.65. The number of amides is 1. The van der Waals surface area contributed by atoms with Crippen molar-refractivity contribution in [3.05, 3.63) is 58.8 Å². The molecule has 0 atom stereocenters. The number of carbonyl (C=O) groups is 1. The van der Waals surface area contributed by atoms with E-state index in [2.05, 4.69) is 22.1 Å². The van der Waals surface area contributed by atoms with E-state index in [1.807, 2.05) is 32.0 Å². The van der Waals surface area contributed by atoms with E-state index >= 15 is 0 Å². The Balaban J connectivity index is 2.19.